The van der Waals surface area contributed by atoms with E-state index >= 15 is 0 Å². The minimum Gasteiger partial charge on any atom is -0.496 e. The lowest BCUT2D eigenvalue weighted by atomic mass is 10.0. The third kappa shape index (κ3) is 4.09. The second-order valence-corrected chi connectivity index (χ2v) is 7.85. The maximum atomic E-state index is 5.32. The molecule has 1 aromatic carbocycles. The molecule has 1 N–H and O–H groups in total. The molecule has 1 aromatic heterocycles. The topological polar surface area (TPSA) is 21.3 Å². The number of rotatable bonds is 6. The monoisotopic (exact) mass is 431 g/mol. The van der Waals surface area contributed by atoms with E-state index in [1.54, 1.807) is 7.11 Å². The van der Waals surface area contributed by atoms with Crippen molar-refractivity contribution in [2.45, 2.75) is 26.3 Å². The minimum absolute atomic E-state index is 0.195. The first kappa shape index (κ1) is 17.0. The third-order valence-electron chi connectivity index (χ3n) is 3.21. The molecule has 0 aliphatic rings. The number of hydrogen-bond acceptors (Lipinski definition) is 3. The predicted octanol–water partition coefficient (Wildman–Crippen LogP) is 5.68. The summed E-state index contributed by atoms with van der Waals surface area (Å²) in [6, 6.07) is 8.64. The number of methoxy groups -OCH3 is 1. The highest BCUT2D eigenvalue weighted by Crippen LogP contribution is 2.37. The molecule has 2 nitrogen and oxygen atoms in total. The Bertz CT molecular complexity index is 612. The van der Waals surface area contributed by atoms with Crippen molar-refractivity contribution < 1.29 is 4.74 Å². The largest absolute Gasteiger partial charge is 0.496 e. The zero-order valence-electron chi connectivity index (χ0n) is 12.4. The molecule has 2 aromatic rings. The van der Waals surface area contributed by atoms with E-state index in [1.807, 2.05) is 17.4 Å². The van der Waals surface area contributed by atoms with Gasteiger partial charge in [-0.3, -0.25) is 0 Å². The van der Waals surface area contributed by atoms with Gasteiger partial charge in [-0.1, -0.05) is 13.0 Å². The molecule has 1 heterocycles. The Morgan fingerprint density at radius 1 is 1.24 bits per heavy atom. The molecule has 0 aliphatic heterocycles. The highest BCUT2D eigenvalue weighted by molar-refractivity contribution is 9.10. The van der Waals surface area contributed by atoms with Crippen LogP contribution in [0, 0.1) is 6.92 Å². The molecule has 21 heavy (non-hydrogen) atoms. The van der Waals surface area contributed by atoms with Gasteiger partial charge in [0.05, 0.1) is 17.6 Å². The van der Waals surface area contributed by atoms with Gasteiger partial charge < -0.3 is 10.1 Å². The summed E-state index contributed by atoms with van der Waals surface area (Å²) in [6.45, 7) is 5.31. The highest BCUT2D eigenvalue weighted by Gasteiger charge is 2.19. The van der Waals surface area contributed by atoms with Crippen LogP contribution < -0.4 is 10.1 Å². The summed E-state index contributed by atoms with van der Waals surface area (Å²) in [6.07, 6.45) is 1.11. The van der Waals surface area contributed by atoms with Crippen molar-refractivity contribution in [2.75, 3.05) is 13.7 Å². The maximum absolute atomic E-state index is 5.32. The fraction of sp³-hybridized carbons (Fsp3) is 0.375. The molecule has 0 bridgehead atoms. The minimum atomic E-state index is 0.195. The number of halogens is 2. The van der Waals surface area contributed by atoms with Crippen LogP contribution in [-0.4, -0.2) is 13.7 Å². The lowest BCUT2D eigenvalue weighted by molar-refractivity contribution is 0.411. The average Bonchev–Trinajstić information content (AvgIpc) is 2.78. The van der Waals surface area contributed by atoms with E-state index in [4.69, 9.17) is 4.74 Å². The molecule has 1 atom stereocenters. The molecule has 114 valence electrons. The first-order valence-corrected chi connectivity index (χ1v) is 9.29. The summed E-state index contributed by atoms with van der Waals surface area (Å²) >= 11 is 9.09. The highest BCUT2D eigenvalue weighted by atomic mass is 79.9. The van der Waals surface area contributed by atoms with E-state index in [1.165, 1.54) is 19.8 Å². The number of ether oxygens (including phenoxy) is 1. The number of nitrogens with one attached hydrogen (secondary N) is 1. The summed E-state index contributed by atoms with van der Waals surface area (Å²) in [4.78, 5) is 2.63. The Morgan fingerprint density at radius 2 is 2.00 bits per heavy atom. The summed E-state index contributed by atoms with van der Waals surface area (Å²) in [7, 11) is 1.69. The van der Waals surface area contributed by atoms with Gasteiger partial charge in [0.25, 0.3) is 0 Å². The molecule has 5 heteroatoms. The van der Waals surface area contributed by atoms with E-state index in [0.29, 0.717) is 0 Å². The second kappa shape index (κ2) is 7.77. The summed E-state index contributed by atoms with van der Waals surface area (Å²) in [5.41, 5.74) is 1.23. The fourth-order valence-corrected chi connectivity index (χ4v) is 4.75. The van der Waals surface area contributed by atoms with Gasteiger partial charge in [-0.25, -0.2) is 0 Å². The molecule has 2 rings (SSSR count). The van der Waals surface area contributed by atoms with Crippen LogP contribution >= 0.6 is 43.2 Å². The Balaban J connectivity index is 2.40. The van der Waals surface area contributed by atoms with Crippen molar-refractivity contribution in [3.05, 3.63) is 48.5 Å². The van der Waals surface area contributed by atoms with Crippen molar-refractivity contribution in [3.63, 3.8) is 0 Å². The van der Waals surface area contributed by atoms with Gasteiger partial charge in [0.1, 0.15) is 5.75 Å². The lowest BCUT2D eigenvalue weighted by Gasteiger charge is -2.19. The number of thiophene rings is 1. The molecule has 0 spiro atoms. The van der Waals surface area contributed by atoms with Crippen molar-refractivity contribution in [2.24, 2.45) is 0 Å². The van der Waals surface area contributed by atoms with Crippen LogP contribution in [0.25, 0.3) is 0 Å². The SMILES string of the molecule is CCCNC(c1ccc(OC)c(Br)c1)c1sc(C)cc1Br. The van der Waals surface area contributed by atoms with E-state index in [-0.39, 0.29) is 6.04 Å². The van der Waals surface area contributed by atoms with Crippen molar-refractivity contribution in [1.29, 1.82) is 0 Å². The first-order valence-electron chi connectivity index (χ1n) is 6.89. The van der Waals surface area contributed by atoms with Gasteiger partial charge >= 0.3 is 0 Å². The second-order valence-electron chi connectivity index (χ2n) is 4.85. The summed E-state index contributed by atoms with van der Waals surface area (Å²) < 4.78 is 7.47. The van der Waals surface area contributed by atoms with Gasteiger partial charge in [-0.2, -0.15) is 0 Å². The van der Waals surface area contributed by atoms with Crippen molar-refractivity contribution in [3.8, 4) is 5.75 Å². The van der Waals surface area contributed by atoms with Crippen molar-refractivity contribution in [1.82, 2.24) is 5.32 Å². The van der Waals surface area contributed by atoms with E-state index in [2.05, 4.69) is 69.2 Å². The van der Waals surface area contributed by atoms with Crippen LogP contribution in [0.1, 0.15) is 34.7 Å². The normalized spacial score (nSPS) is 12.4. The van der Waals surface area contributed by atoms with Crippen LogP contribution in [0.2, 0.25) is 0 Å². The van der Waals surface area contributed by atoms with Gasteiger partial charge in [-0.15, -0.1) is 11.3 Å². The van der Waals surface area contributed by atoms with Gasteiger partial charge in [0.15, 0.2) is 0 Å². The molecule has 0 radical (unpaired) electrons. The van der Waals surface area contributed by atoms with Gasteiger partial charge in [0.2, 0.25) is 0 Å². The number of hydrogen-bond donors (Lipinski definition) is 1. The fourth-order valence-electron chi connectivity index (χ4n) is 2.21. The molecular weight excluding hydrogens is 414 g/mol. The lowest BCUT2D eigenvalue weighted by Crippen LogP contribution is -2.22. The predicted molar refractivity (Wildman–Crippen MR) is 97.6 cm³/mol. The first-order chi connectivity index (χ1) is 10.1. The number of aryl methyl sites for hydroxylation is 1. The Morgan fingerprint density at radius 3 is 2.52 bits per heavy atom. The Kier molecular flexibility index (Phi) is 6.29. The standard InChI is InChI=1S/C16H19Br2NOS/c1-4-7-19-15(16-13(18)8-10(2)21-16)11-5-6-14(20-3)12(17)9-11/h5-6,8-9,15,19H,4,7H2,1-3H3. The molecule has 0 fully saturated rings. The summed E-state index contributed by atoms with van der Waals surface area (Å²) in [5, 5.41) is 3.64. The van der Waals surface area contributed by atoms with E-state index < -0.39 is 0 Å². The molecule has 0 amide bonds. The van der Waals surface area contributed by atoms with Crippen molar-refractivity contribution >= 4 is 43.2 Å². The quantitative estimate of drug-likeness (QED) is 0.633. The molecule has 1 unspecified atom stereocenters. The van der Waals surface area contributed by atoms with Crippen LogP contribution in [-0.2, 0) is 0 Å². The van der Waals surface area contributed by atoms with E-state index in [0.717, 1.165) is 23.2 Å². The van der Waals surface area contributed by atoms with Crippen LogP contribution in [0.15, 0.2) is 33.2 Å². The smallest absolute Gasteiger partial charge is 0.133 e. The third-order valence-corrected chi connectivity index (χ3v) is 5.86. The Labute approximate surface area is 147 Å². The summed E-state index contributed by atoms with van der Waals surface area (Å²) in [5.74, 6) is 0.856. The van der Waals surface area contributed by atoms with E-state index in [9.17, 15) is 0 Å². The van der Waals surface area contributed by atoms with Gasteiger partial charge in [-0.05, 0) is 75.5 Å². The maximum Gasteiger partial charge on any atom is 0.133 e. The number of benzene rings is 1. The average molecular weight is 433 g/mol. The zero-order chi connectivity index (χ0) is 15.4. The zero-order valence-corrected chi connectivity index (χ0v) is 16.4. The molecular formula is C16H19Br2NOS. The van der Waals surface area contributed by atoms with Crippen LogP contribution in [0.3, 0.4) is 0 Å². The molecule has 0 aliphatic carbocycles. The molecule has 0 saturated heterocycles. The molecule has 0 saturated carbocycles. The van der Waals surface area contributed by atoms with Crippen LogP contribution in [0.4, 0.5) is 0 Å². The van der Waals surface area contributed by atoms with Gasteiger partial charge in [0, 0.05) is 14.2 Å². The Hall–Kier alpha value is -0.360. The van der Waals surface area contributed by atoms with Crippen LogP contribution in [0.5, 0.6) is 5.75 Å².